The van der Waals surface area contributed by atoms with Gasteiger partial charge in [-0.25, -0.2) is 0 Å². The van der Waals surface area contributed by atoms with Crippen LogP contribution in [0.25, 0.3) is 0 Å². The number of nitrogens with zero attached hydrogens (tertiary/aromatic N) is 1. The summed E-state index contributed by atoms with van der Waals surface area (Å²) in [5.74, 6) is 1.87. The van der Waals surface area contributed by atoms with Crippen LogP contribution in [0, 0.1) is 5.92 Å². The van der Waals surface area contributed by atoms with Crippen molar-refractivity contribution >= 4 is 0 Å². The zero-order valence-corrected chi connectivity index (χ0v) is 12.4. The molecule has 1 aromatic carbocycles. The Kier molecular flexibility index (Phi) is 4.27. The number of hydrogen-bond donors (Lipinski definition) is 1. The maximum absolute atomic E-state index is 6.09. The quantitative estimate of drug-likeness (QED) is 0.792. The molecular weight excluding hydrogens is 248 g/mol. The van der Waals surface area contributed by atoms with Gasteiger partial charge in [-0.1, -0.05) is 12.1 Å². The first-order valence-corrected chi connectivity index (χ1v) is 8.00. The summed E-state index contributed by atoms with van der Waals surface area (Å²) in [6, 6.07) is 9.66. The summed E-state index contributed by atoms with van der Waals surface area (Å²) in [6.07, 6.45) is 5.51. The lowest BCUT2D eigenvalue weighted by molar-refractivity contribution is 0.182. The van der Waals surface area contributed by atoms with Gasteiger partial charge in [-0.05, 0) is 56.2 Å². The molecular formula is C17H26N2O. The van der Waals surface area contributed by atoms with Gasteiger partial charge in [0.15, 0.2) is 0 Å². The number of hydrogen-bond acceptors (Lipinski definition) is 3. The van der Waals surface area contributed by atoms with Gasteiger partial charge < -0.3 is 10.5 Å². The first-order chi connectivity index (χ1) is 9.81. The highest BCUT2D eigenvalue weighted by Crippen LogP contribution is 2.39. The molecule has 0 heterocycles. The largest absolute Gasteiger partial charge is 0.494 e. The monoisotopic (exact) mass is 274 g/mol. The van der Waals surface area contributed by atoms with Crippen LogP contribution in [0.2, 0.25) is 0 Å². The molecule has 2 N–H and O–H groups in total. The van der Waals surface area contributed by atoms with Gasteiger partial charge in [-0.3, -0.25) is 4.90 Å². The van der Waals surface area contributed by atoms with E-state index in [1.54, 1.807) is 0 Å². The topological polar surface area (TPSA) is 38.5 Å². The third-order valence-electron chi connectivity index (χ3n) is 4.38. The molecule has 0 saturated heterocycles. The van der Waals surface area contributed by atoms with E-state index in [1.807, 2.05) is 6.92 Å². The minimum Gasteiger partial charge on any atom is -0.494 e. The predicted octanol–water partition coefficient (Wildman–Crippen LogP) is 2.96. The van der Waals surface area contributed by atoms with Crippen molar-refractivity contribution in [3.05, 3.63) is 29.8 Å². The van der Waals surface area contributed by atoms with E-state index in [-0.39, 0.29) is 0 Å². The van der Waals surface area contributed by atoms with Crippen LogP contribution in [-0.4, -0.2) is 30.6 Å². The van der Waals surface area contributed by atoms with Gasteiger partial charge in [0.1, 0.15) is 5.75 Å². The van der Waals surface area contributed by atoms with Crippen molar-refractivity contribution in [2.75, 3.05) is 19.7 Å². The lowest BCUT2D eigenvalue weighted by atomic mass is 10.0. The van der Waals surface area contributed by atoms with Crippen LogP contribution in [0.4, 0.5) is 0 Å². The molecule has 0 bridgehead atoms. The number of rotatable bonds is 8. The fraction of sp³-hybridized carbons (Fsp3) is 0.647. The second-order valence-corrected chi connectivity index (χ2v) is 6.12. The van der Waals surface area contributed by atoms with Crippen molar-refractivity contribution in [3.63, 3.8) is 0 Å². The minimum absolute atomic E-state index is 0.374. The Morgan fingerprint density at radius 1 is 1.20 bits per heavy atom. The molecule has 1 aromatic rings. The highest BCUT2D eigenvalue weighted by molar-refractivity contribution is 5.29. The molecule has 20 heavy (non-hydrogen) atoms. The Bertz CT molecular complexity index is 423. The predicted molar refractivity (Wildman–Crippen MR) is 81.9 cm³/mol. The third kappa shape index (κ3) is 3.33. The first-order valence-electron chi connectivity index (χ1n) is 8.00. The van der Waals surface area contributed by atoms with Gasteiger partial charge in [-0.15, -0.1) is 0 Å². The van der Waals surface area contributed by atoms with Crippen molar-refractivity contribution in [3.8, 4) is 5.75 Å². The lowest BCUT2D eigenvalue weighted by Crippen LogP contribution is -2.37. The maximum atomic E-state index is 6.09. The van der Waals surface area contributed by atoms with Gasteiger partial charge in [0.25, 0.3) is 0 Å². The van der Waals surface area contributed by atoms with Gasteiger partial charge in [0.2, 0.25) is 0 Å². The van der Waals surface area contributed by atoms with Gasteiger partial charge >= 0.3 is 0 Å². The first kappa shape index (κ1) is 13.9. The summed E-state index contributed by atoms with van der Waals surface area (Å²) < 4.78 is 5.52. The average molecular weight is 274 g/mol. The average Bonchev–Trinajstić information content (AvgIpc) is 3.34. The molecule has 2 saturated carbocycles. The van der Waals surface area contributed by atoms with Crippen LogP contribution in [-0.2, 0) is 0 Å². The summed E-state index contributed by atoms with van der Waals surface area (Å²) in [6.45, 7) is 4.67. The third-order valence-corrected chi connectivity index (χ3v) is 4.38. The molecule has 2 aliphatic rings. The SMILES string of the molecule is CCOc1ccc(C(CN)N(CC2CC2)C2CC2)cc1. The van der Waals surface area contributed by atoms with E-state index in [1.165, 1.54) is 37.8 Å². The standard InChI is InChI=1S/C17H26N2O/c1-2-20-16-9-5-14(6-10-16)17(11-18)19(15-7-8-15)12-13-3-4-13/h5-6,9-10,13,15,17H,2-4,7-8,11-12,18H2,1H3. The fourth-order valence-corrected chi connectivity index (χ4v) is 2.95. The van der Waals surface area contributed by atoms with E-state index < -0.39 is 0 Å². The Hall–Kier alpha value is -1.06. The molecule has 1 atom stereocenters. The van der Waals surface area contributed by atoms with Gasteiger partial charge in [0.05, 0.1) is 6.61 Å². The van der Waals surface area contributed by atoms with Crippen LogP contribution in [0.5, 0.6) is 5.75 Å². The summed E-state index contributed by atoms with van der Waals surface area (Å²) >= 11 is 0. The zero-order valence-electron chi connectivity index (χ0n) is 12.4. The van der Waals surface area contributed by atoms with Crippen molar-refractivity contribution in [1.82, 2.24) is 4.90 Å². The van der Waals surface area contributed by atoms with E-state index in [0.29, 0.717) is 12.6 Å². The molecule has 3 rings (SSSR count). The Labute approximate surface area is 122 Å². The van der Waals surface area contributed by atoms with Crippen LogP contribution in [0.1, 0.15) is 44.2 Å². The Morgan fingerprint density at radius 3 is 2.40 bits per heavy atom. The normalized spacial score (nSPS) is 20.1. The second kappa shape index (κ2) is 6.15. The second-order valence-electron chi connectivity index (χ2n) is 6.12. The maximum Gasteiger partial charge on any atom is 0.119 e. The number of nitrogens with two attached hydrogens (primary N) is 1. The van der Waals surface area contributed by atoms with Crippen LogP contribution >= 0.6 is 0 Å². The van der Waals surface area contributed by atoms with Gasteiger partial charge in [-0.2, -0.15) is 0 Å². The molecule has 1 unspecified atom stereocenters. The molecule has 2 aliphatic carbocycles. The highest BCUT2D eigenvalue weighted by Gasteiger charge is 2.37. The smallest absolute Gasteiger partial charge is 0.119 e. The number of benzene rings is 1. The molecule has 3 heteroatoms. The Balaban J connectivity index is 1.72. The van der Waals surface area contributed by atoms with E-state index in [2.05, 4.69) is 29.2 Å². The van der Waals surface area contributed by atoms with E-state index >= 15 is 0 Å². The fourth-order valence-electron chi connectivity index (χ4n) is 2.95. The molecule has 0 amide bonds. The molecule has 0 spiro atoms. The van der Waals surface area contributed by atoms with Crippen molar-refractivity contribution in [2.24, 2.45) is 11.7 Å². The van der Waals surface area contributed by atoms with Gasteiger partial charge in [0, 0.05) is 25.2 Å². The summed E-state index contributed by atoms with van der Waals surface area (Å²) in [5, 5.41) is 0. The Morgan fingerprint density at radius 2 is 1.90 bits per heavy atom. The summed E-state index contributed by atoms with van der Waals surface area (Å²) in [4.78, 5) is 2.66. The molecule has 0 aliphatic heterocycles. The van der Waals surface area contributed by atoms with E-state index in [9.17, 15) is 0 Å². The molecule has 0 radical (unpaired) electrons. The van der Waals surface area contributed by atoms with Crippen LogP contribution < -0.4 is 10.5 Å². The van der Waals surface area contributed by atoms with Crippen LogP contribution in [0.3, 0.4) is 0 Å². The molecule has 110 valence electrons. The van der Waals surface area contributed by atoms with Crippen LogP contribution in [0.15, 0.2) is 24.3 Å². The number of ether oxygens (including phenoxy) is 1. The lowest BCUT2D eigenvalue weighted by Gasteiger charge is -2.31. The molecule has 3 nitrogen and oxygen atoms in total. The van der Waals surface area contributed by atoms with Crippen molar-refractivity contribution < 1.29 is 4.74 Å². The van der Waals surface area contributed by atoms with E-state index in [4.69, 9.17) is 10.5 Å². The van der Waals surface area contributed by atoms with Crippen molar-refractivity contribution in [2.45, 2.75) is 44.7 Å². The summed E-state index contributed by atoms with van der Waals surface area (Å²) in [5.41, 5.74) is 7.43. The molecule has 0 aromatic heterocycles. The molecule has 2 fully saturated rings. The van der Waals surface area contributed by atoms with Crippen molar-refractivity contribution in [1.29, 1.82) is 0 Å². The van der Waals surface area contributed by atoms with E-state index in [0.717, 1.165) is 24.3 Å². The highest BCUT2D eigenvalue weighted by atomic mass is 16.5. The summed E-state index contributed by atoms with van der Waals surface area (Å²) in [7, 11) is 0. The zero-order chi connectivity index (χ0) is 13.9. The minimum atomic E-state index is 0.374.